The van der Waals surface area contributed by atoms with E-state index in [9.17, 15) is 9.59 Å². The van der Waals surface area contributed by atoms with E-state index in [1.54, 1.807) is 6.07 Å². The first kappa shape index (κ1) is 12.8. The lowest BCUT2D eigenvalue weighted by Gasteiger charge is -2.07. The van der Waals surface area contributed by atoms with Crippen molar-refractivity contribution >= 4 is 17.6 Å². The van der Waals surface area contributed by atoms with Crippen molar-refractivity contribution in [1.82, 2.24) is 0 Å². The second-order valence-corrected chi connectivity index (χ2v) is 3.31. The summed E-state index contributed by atoms with van der Waals surface area (Å²) in [6.07, 6.45) is -0.00214. The lowest BCUT2D eigenvalue weighted by molar-refractivity contribution is -0.118. The van der Waals surface area contributed by atoms with Crippen LogP contribution in [-0.4, -0.2) is 25.6 Å². The minimum atomic E-state index is -0.551. The summed E-state index contributed by atoms with van der Waals surface area (Å²) in [6, 6.07) is 4.54. The van der Waals surface area contributed by atoms with E-state index in [-0.39, 0.29) is 13.0 Å². The molecular weight excluding hydrogens is 224 g/mol. The fourth-order valence-electron chi connectivity index (χ4n) is 1.17. The Hall–Kier alpha value is -2.24. The third-order valence-electron chi connectivity index (χ3n) is 2.05. The summed E-state index contributed by atoms with van der Waals surface area (Å²) in [4.78, 5) is 22.0. The average molecular weight is 238 g/mol. The summed E-state index contributed by atoms with van der Waals surface area (Å²) < 4.78 is 9.81. The van der Waals surface area contributed by atoms with Gasteiger partial charge in [0.05, 0.1) is 24.8 Å². The van der Waals surface area contributed by atoms with Crippen molar-refractivity contribution in [2.75, 3.05) is 19.5 Å². The molecule has 0 aliphatic carbocycles. The molecule has 17 heavy (non-hydrogen) atoms. The number of primary amides is 1. The third-order valence-corrected chi connectivity index (χ3v) is 2.05. The third kappa shape index (κ3) is 3.67. The molecule has 0 atom stereocenters. The van der Waals surface area contributed by atoms with E-state index in [2.05, 4.69) is 0 Å². The molecule has 6 heteroatoms. The van der Waals surface area contributed by atoms with Gasteiger partial charge >= 0.3 is 5.97 Å². The second kappa shape index (κ2) is 5.74. The molecule has 0 saturated carbocycles. The van der Waals surface area contributed by atoms with Gasteiger partial charge in [-0.3, -0.25) is 4.79 Å². The van der Waals surface area contributed by atoms with Gasteiger partial charge in [-0.05, 0) is 18.2 Å². The summed E-state index contributed by atoms with van der Waals surface area (Å²) in [5, 5.41) is 0. The lowest BCUT2D eigenvalue weighted by atomic mass is 10.2. The standard InChI is InChI=1S/C11H14N2O4/c1-16-9-6-7(2-3-8(9)12)11(15)17-5-4-10(13)14/h2-3,6H,4-5,12H2,1H3,(H2,13,14). The number of hydrogen-bond donors (Lipinski definition) is 2. The zero-order valence-corrected chi connectivity index (χ0v) is 9.43. The van der Waals surface area contributed by atoms with Crippen molar-refractivity contribution < 1.29 is 19.1 Å². The Labute approximate surface area is 98.5 Å². The van der Waals surface area contributed by atoms with Crippen LogP contribution in [-0.2, 0) is 9.53 Å². The highest BCUT2D eigenvalue weighted by atomic mass is 16.5. The van der Waals surface area contributed by atoms with E-state index >= 15 is 0 Å². The predicted octanol–water partition coefficient (Wildman–Crippen LogP) is 0.310. The molecule has 1 rings (SSSR count). The highest BCUT2D eigenvalue weighted by Gasteiger charge is 2.10. The van der Waals surface area contributed by atoms with E-state index in [1.807, 2.05) is 0 Å². The molecule has 0 radical (unpaired) electrons. The molecule has 0 saturated heterocycles. The van der Waals surface area contributed by atoms with Gasteiger partial charge in [-0.1, -0.05) is 0 Å². The Morgan fingerprint density at radius 3 is 2.65 bits per heavy atom. The first-order valence-corrected chi connectivity index (χ1v) is 4.93. The van der Waals surface area contributed by atoms with E-state index in [0.29, 0.717) is 17.0 Å². The number of ether oxygens (including phenoxy) is 2. The first-order valence-electron chi connectivity index (χ1n) is 4.93. The molecule has 0 bridgehead atoms. The topological polar surface area (TPSA) is 105 Å². The maximum Gasteiger partial charge on any atom is 0.338 e. The van der Waals surface area contributed by atoms with Crippen LogP contribution in [0.5, 0.6) is 5.75 Å². The van der Waals surface area contributed by atoms with Crippen LogP contribution in [0.2, 0.25) is 0 Å². The summed E-state index contributed by atoms with van der Waals surface area (Å²) in [6.45, 7) is -0.0408. The average Bonchev–Trinajstić information content (AvgIpc) is 2.29. The van der Waals surface area contributed by atoms with Crippen molar-refractivity contribution in [3.05, 3.63) is 23.8 Å². The number of nitrogen functional groups attached to an aromatic ring is 1. The Balaban J connectivity index is 2.66. The molecule has 92 valence electrons. The zero-order chi connectivity index (χ0) is 12.8. The van der Waals surface area contributed by atoms with Crippen LogP contribution in [0, 0.1) is 0 Å². The quantitative estimate of drug-likeness (QED) is 0.567. The van der Waals surface area contributed by atoms with Crippen LogP contribution in [0.15, 0.2) is 18.2 Å². The molecule has 0 aliphatic heterocycles. The van der Waals surface area contributed by atoms with E-state index in [1.165, 1.54) is 19.2 Å². The smallest absolute Gasteiger partial charge is 0.338 e. The van der Waals surface area contributed by atoms with Crippen molar-refractivity contribution in [3.8, 4) is 5.75 Å². The molecule has 0 spiro atoms. The number of methoxy groups -OCH3 is 1. The number of hydrogen-bond acceptors (Lipinski definition) is 5. The Bertz CT molecular complexity index is 431. The van der Waals surface area contributed by atoms with E-state index < -0.39 is 11.9 Å². The normalized spacial score (nSPS) is 9.71. The SMILES string of the molecule is COc1cc(C(=O)OCCC(N)=O)ccc1N. The number of anilines is 1. The molecule has 0 aromatic heterocycles. The molecule has 4 N–H and O–H groups in total. The molecule has 0 fully saturated rings. The summed E-state index contributed by atoms with van der Waals surface area (Å²) in [5.74, 6) is -0.674. The van der Waals surface area contributed by atoms with Crippen LogP contribution in [0.25, 0.3) is 0 Å². The number of benzene rings is 1. The van der Waals surface area contributed by atoms with Gasteiger partial charge in [0.2, 0.25) is 5.91 Å². The molecule has 1 amide bonds. The van der Waals surface area contributed by atoms with Crippen LogP contribution in [0.1, 0.15) is 16.8 Å². The maximum absolute atomic E-state index is 11.5. The Morgan fingerprint density at radius 1 is 1.35 bits per heavy atom. The van der Waals surface area contributed by atoms with Gasteiger partial charge in [0.25, 0.3) is 0 Å². The number of nitrogens with two attached hydrogens (primary N) is 2. The summed E-state index contributed by atoms with van der Waals surface area (Å²) in [5.41, 5.74) is 11.3. The largest absolute Gasteiger partial charge is 0.495 e. The van der Waals surface area contributed by atoms with E-state index in [4.69, 9.17) is 20.9 Å². The van der Waals surface area contributed by atoms with Gasteiger partial charge in [0, 0.05) is 0 Å². The van der Waals surface area contributed by atoms with Crippen molar-refractivity contribution in [3.63, 3.8) is 0 Å². The van der Waals surface area contributed by atoms with Gasteiger partial charge in [0.1, 0.15) is 12.4 Å². The molecular formula is C11H14N2O4. The fourth-order valence-corrected chi connectivity index (χ4v) is 1.17. The van der Waals surface area contributed by atoms with Gasteiger partial charge in [-0.25, -0.2) is 4.79 Å². The fraction of sp³-hybridized carbons (Fsp3) is 0.273. The molecule has 0 heterocycles. The minimum absolute atomic E-state index is 0.00214. The zero-order valence-electron chi connectivity index (χ0n) is 9.43. The molecule has 0 aliphatic rings. The highest BCUT2D eigenvalue weighted by molar-refractivity contribution is 5.90. The van der Waals surface area contributed by atoms with Gasteiger partial charge in [-0.15, -0.1) is 0 Å². The number of esters is 1. The van der Waals surface area contributed by atoms with E-state index in [0.717, 1.165) is 0 Å². The van der Waals surface area contributed by atoms with Crippen LogP contribution < -0.4 is 16.2 Å². The monoisotopic (exact) mass is 238 g/mol. The Kier molecular flexibility index (Phi) is 4.33. The lowest BCUT2D eigenvalue weighted by Crippen LogP contribution is -2.15. The Morgan fingerprint density at radius 2 is 2.06 bits per heavy atom. The van der Waals surface area contributed by atoms with Crippen LogP contribution >= 0.6 is 0 Å². The van der Waals surface area contributed by atoms with Gasteiger partial charge < -0.3 is 20.9 Å². The first-order chi connectivity index (χ1) is 8.04. The predicted molar refractivity (Wildman–Crippen MR) is 61.5 cm³/mol. The van der Waals surface area contributed by atoms with Crippen LogP contribution in [0.4, 0.5) is 5.69 Å². The second-order valence-electron chi connectivity index (χ2n) is 3.31. The van der Waals surface area contributed by atoms with Gasteiger partial charge in [0.15, 0.2) is 0 Å². The van der Waals surface area contributed by atoms with Crippen molar-refractivity contribution in [1.29, 1.82) is 0 Å². The number of rotatable bonds is 5. The highest BCUT2D eigenvalue weighted by Crippen LogP contribution is 2.22. The van der Waals surface area contributed by atoms with Crippen molar-refractivity contribution in [2.24, 2.45) is 5.73 Å². The summed E-state index contributed by atoms with van der Waals surface area (Å²) in [7, 11) is 1.45. The molecule has 1 aromatic rings. The number of amides is 1. The maximum atomic E-state index is 11.5. The minimum Gasteiger partial charge on any atom is -0.495 e. The molecule has 0 unspecified atom stereocenters. The summed E-state index contributed by atoms with van der Waals surface area (Å²) >= 11 is 0. The number of carbonyl (C=O) groups is 2. The molecule has 1 aromatic carbocycles. The van der Waals surface area contributed by atoms with Crippen LogP contribution in [0.3, 0.4) is 0 Å². The van der Waals surface area contributed by atoms with Crippen molar-refractivity contribution in [2.45, 2.75) is 6.42 Å². The van der Waals surface area contributed by atoms with Gasteiger partial charge in [-0.2, -0.15) is 0 Å². The number of carbonyl (C=O) groups excluding carboxylic acids is 2. The molecule has 6 nitrogen and oxygen atoms in total.